The van der Waals surface area contributed by atoms with Gasteiger partial charge in [0.1, 0.15) is 5.82 Å². The van der Waals surface area contributed by atoms with Gasteiger partial charge in [-0.25, -0.2) is 9.67 Å². The second kappa shape index (κ2) is 8.61. The number of aromatic nitrogens is 5. The molecule has 0 unspecified atom stereocenters. The number of likely N-dealkylation sites (tertiary alicyclic amines) is 1. The molecule has 1 aliphatic rings. The highest BCUT2D eigenvalue weighted by Gasteiger charge is 2.27. The number of fused-ring (bicyclic) bond motifs is 1. The van der Waals surface area contributed by atoms with Crippen LogP contribution in [0, 0.1) is 19.8 Å². The van der Waals surface area contributed by atoms with E-state index in [1.165, 1.54) is 5.56 Å². The van der Waals surface area contributed by atoms with Crippen LogP contribution in [-0.4, -0.2) is 48.9 Å². The van der Waals surface area contributed by atoms with Crippen LogP contribution in [0.3, 0.4) is 0 Å². The van der Waals surface area contributed by atoms with Crippen molar-refractivity contribution >= 4 is 17.1 Å². The lowest BCUT2D eigenvalue weighted by molar-refractivity contribution is -0.133. The van der Waals surface area contributed by atoms with Crippen LogP contribution < -0.4 is 5.56 Å². The number of piperidine rings is 1. The number of benzene rings is 1. The molecular weight excluding hydrogens is 392 g/mol. The lowest BCUT2D eigenvalue weighted by Crippen LogP contribution is -2.40. The van der Waals surface area contributed by atoms with Gasteiger partial charge in [0.05, 0.1) is 6.54 Å². The van der Waals surface area contributed by atoms with Crippen LogP contribution in [0.1, 0.15) is 61.5 Å². The predicted molar refractivity (Wildman–Crippen MR) is 119 cm³/mol. The van der Waals surface area contributed by atoms with Crippen molar-refractivity contribution in [2.45, 2.75) is 59.4 Å². The Balaban J connectivity index is 1.64. The van der Waals surface area contributed by atoms with Crippen LogP contribution in [0.5, 0.6) is 0 Å². The van der Waals surface area contributed by atoms with Gasteiger partial charge in [-0.15, -0.1) is 5.10 Å². The van der Waals surface area contributed by atoms with Crippen molar-refractivity contribution in [3.63, 3.8) is 0 Å². The van der Waals surface area contributed by atoms with E-state index in [-0.39, 0.29) is 22.9 Å². The Hall–Kier alpha value is -3.03. The smallest absolute Gasteiger partial charge is 0.281 e. The quantitative estimate of drug-likeness (QED) is 0.682. The second-order valence-electron chi connectivity index (χ2n) is 9.08. The summed E-state index contributed by atoms with van der Waals surface area (Å²) in [4.78, 5) is 34.8. The van der Waals surface area contributed by atoms with E-state index in [1.807, 2.05) is 4.90 Å². The summed E-state index contributed by atoms with van der Waals surface area (Å²) in [5.41, 5.74) is 3.91. The van der Waals surface area contributed by atoms with Gasteiger partial charge in [0.25, 0.3) is 5.56 Å². The number of nitrogens with one attached hydrogen (secondary N) is 1. The van der Waals surface area contributed by atoms with Crippen molar-refractivity contribution in [3.05, 3.63) is 51.1 Å². The molecule has 8 heteroatoms. The molecule has 1 amide bonds. The zero-order valence-electron chi connectivity index (χ0n) is 18.7. The Morgan fingerprint density at radius 1 is 1.29 bits per heavy atom. The van der Waals surface area contributed by atoms with Crippen LogP contribution in [-0.2, 0) is 11.3 Å². The topological polar surface area (TPSA) is 96.8 Å². The van der Waals surface area contributed by atoms with E-state index in [0.717, 1.165) is 30.5 Å². The number of H-pyrrole nitrogens is 1. The van der Waals surface area contributed by atoms with Crippen molar-refractivity contribution in [3.8, 4) is 0 Å². The van der Waals surface area contributed by atoms with Gasteiger partial charge in [-0.1, -0.05) is 42.8 Å². The highest BCUT2D eigenvalue weighted by atomic mass is 16.2. The average Bonchev–Trinajstić information content (AvgIpc) is 3.13. The minimum atomic E-state index is -0.280. The minimum absolute atomic E-state index is 0.00557. The van der Waals surface area contributed by atoms with E-state index in [9.17, 15) is 9.59 Å². The third-order valence-electron chi connectivity index (χ3n) is 5.96. The molecule has 2 aromatic heterocycles. The zero-order valence-corrected chi connectivity index (χ0v) is 18.7. The summed E-state index contributed by atoms with van der Waals surface area (Å²) in [5.74, 6) is 1.12. The summed E-state index contributed by atoms with van der Waals surface area (Å²) in [6, 6.07) is 6.28. The molecule has 31 heavy (non-hydrogen) atoms. The molecule has 1 aromatic carbocycles. The van der Waals surface area contributed by atoms with Crippen molar-refractivity contribution in [1.82, 2.24) is 29.9 Å². The standard InChI is InChI=1S/C23H30N6O2/c1-14(2)10-19(30)28-9-5-6-17(12-28)21-24-22-20(23(31)25-21)26-27-29(22)13-18-11-15(3)7-8-16(18)4/h7-8,11,14,17H,5-6,9-10,12-13H2,1-4H3,(H,24,25,31)/t17-/m1/s1. The molecule has 8 nitrogen and oxygen atoms in total. The fourth-order valence-electron chi connectivity index (χ4n) is 4.22. The average molecular weight is 423 g/mol. The maximum absolute atomic E-state index is 12.7. The maximum atomic E-state index is 12.7. The molecule has 1 saturated heterocycles. The molecule has 0 bridgehead atoms. The molecule has 0 spiro atoms. The van der Waals surface area contributed by atoms with Crippen LogP contribution >= 0.6 is 0 Å². The first-order chi connectivity index (χ1) is 14.8. The summed E-state index contributed by atoms with van der Waals surface area (Å²) in [5, 5.41) is 8.27. The summed E-state index contributed by atoms with van der Waals surface area (Å²) >= 11 is 0. The molecule has 1 N–H and O–H groups in total. The van der Waals surface area contributed by atoms with Gasteiger partial charge >= 0.3 is 0 Å². The minimum Gasteiger partial charge on any atom is -0.342 e. The zero-order chi connectivity index (χ0) is 22.1. The Morgan fingerprint density at radius 2 is 2.10 bits per heavy atom. The SMILES string of the molecule is Cc1ccc(C)c(Cn2nnc3c(=O)[nH]c([C@@H]4CCCN(C(=O)CC(C)C)C4)nc32)c1. The molecule has 0 saturated carbocycles. The first kappa shape index (κ1) is 21.2. The largest absolute Gasteiger partial charge is 0.342 e. The summed E-state index contributed by atoms with van der Waals surface area (Å²) in [6.45, 7) is 10.1. The van der Waals surface area contributed by atoms with Gasteiger partial charge in [0, 0.05) is 25.4 Å². The van der Waals surface area contributed by atoms with Gasteiger partial charge in [-0.05, 0) is 43.7 Å². The molecule has 1 fully saturated rings. The fraction of sp³-hybridized carbons (Fsp3) is 0.522. The van der Waals surface area contributed by atoms with Gasteiger partial charge in [-0.3, -0.25) is 9.59 Å². The predicted octanol–water partition coefficient (Wildman–Crippen LogP) is 2.93. The van der Waals surface area contributed by atoms with E-state index < -0.39 is 0 Å². The maximum Gasteiger partial charge on any atom is 0.281 e. The third-order valence-corrected chi connectivity index (χ3v) is 5.96. The molecule has 164 valence electrons. The molecule has 0 aliphatic carbocycles. The van der Waals surface area contributed by atoms with Gasteiger partial charge in [0.15, 0.2) is 11.2 Å². The molecule has 3 aromatic rings. The molecule has 1 atom stereocenters. The lowest BCUT2D eigenvalue weighted by Gasteiger charge is -2.32. The van der Waals surface area contributed by atoms with Gasteiger partial charge < -0.3 is 9.88 Å². The number of nitrogens with zero attached hydrogens (tertiary/aromatic N) is 5. The summed E-state index contributed by atoms with van der Waals surface area (Å²) in [7, 11) is 0. The Morgan fingerprint density at radius 3 is 2.87 bits per heavy atom. The number of rotatable bonds is 5. The highest BCUT2D eigenvalue weighted by Crippen LogP contribution is 2.25. The Bertz CT molecular complexity index is 1160. The first-order valence-corrected chi connectivity index (χ1v) is 11.0. The molecule has 3 heterocycles. The van der Waals surface area contributed by atoms with Crippen molar-refractivity contribution < 1.29 is 4.79 Å². The number of hydrogen-bond donors (Lipinski definition) is 1. The summed E-state index contributed by atoms with van der Waals surface area (Å²) < 4.78 is 1.69. The van der Waals surface area contributed by atoms with Crippen LogP contribution in [0.4, 0.5) is 0 Å². The normalized spacial score (nSPS) is 16.9. The monoisotopic (exact) mass is 422 g/mol. The van der Waals surface area contributed by atoms with E-state index in [4.69, 9.17) is 4.98 Å². The Kier molecular flexibility index (Phi) is 5.89. The lowest BCUT2D eigenvalue weighted by atomic mass is 9.96. The van der Waals surface area contributed by atoms with E-state index in [2.05, 4.69) is 61.2 Å². The number of hydrogen-bond acceptors (Lipinski definition) is 5. The first-order valence-electron chi connectivity index (χ1n) is 11.0. The van der Waals surface area contributed by atoms with Crippen molar-refractivity contribution in [2.24, 2.45) is 5.92 Å². The number of carbonyl (C=O) groups excluding carboxylic acids is 1. The van der Waals surface area contributed by atoms with Crippen molar-refractivity contribution in [2.75, 3.05) is 13.1 Å². The molecule has 0 radical (unpaired) electrons. The number of aromatic amines is 1. The van der Waals surface area contributed by atoms with E-state index in [1.54, 1.807) is 4.68 Å². The third kappa shape index (κ3) is 4.52. The van der Waals surface area contributed by atoms with Crippen molar-refractivity contribution in [1.29, 1.82) is 0 Å². The van der Waals surface area contributed by atoms with Crippen LogP contribution in [0.25, 0.3) is 11.2 Å². The van der Waals surface area contributed by atoms with Gasteiger partial charge in [-0.2, -0.15) is 0 Å². The fourth-order valence-corrected chi connectivity index (χ4v) is 4.22. The van der Waals surface area contributed by atoms with E-state index >= 15 is 0 Å². The van der Waals surface area contributed by atoms with Crippen LogP contribution in [0.15, 0.2) is 23.0 Å². The Labute approximate surface area is 181 Å². The molecular formula is C23H30N6O2. The number of amides is 1. The molecule has 1 aliphatic heterocycles. The molecule has 4 rings (SSSR count). The number of aryl methyl sites for hydroxylation is 2. The van der Waals surface area contributed by atoms with Crippen LogP contribution in [0.2, 0.25) is 0 Å². The highest BCUT2D eigenvalue weighted by molar-refractivity contribution is 5.76. The van der Waals surface area contributed by atoms with Gasteiger partial charge in [0.2, 0.25) is 5.91 Å². The summed E-state index contributed by atoms with van der Waals surface area (Å²) in [6.07, 6.45) is 2.33. The van der Waals surface area contributed by atoms with E-state index in [0.29, 0.717) is 36.9 Å². The number of carbonyl (C=O) groups is 1. The second-order valence-corrected chi connectivity index (χ2v) is 9.08.